The van der Waals surface area contributed by atoms with Crippen LogP contribution in [0.5, 0.6) is 5.75 Å². The second kappa shape index (κ2) is 6.01. The molecular formula is C20H14N2O2. The lowest BCUT2D eigenvalue weighted by atomic mass is 10.1. The molecule has 4 nitrogen and oxygen atoms in total. The standard InChI is InChI=1S/C20H14N2O2/c23-20(24-14-8-2-1-3-9-14)22-21-19-17-12-6-4-10-15(17)16-11-5-7-13-18(16)19/h1-13H,(H,22,23). The van der Waals surface area contributed by atoms with Crippen LogP contribution in [0.2, 0.25) is 0 Å². The zero-order valence-corrected chi connectivity index (χ0v) is 12.8. The van der Waals surface area contributed by atoms with Crippen LogP contribution in [0.15, 0.2) is 84.0 Å². The molecule has 0 fully saturated rings. The summed E-state index contributed by atoms with van der Waals surface area (Å²) in [6.45, 7) is 0. The Labute approximate surface area is 139 Å². The van der Waals surface area contributed by atoms with Crippen molar-refractivity contribution in [2.24, 2.45) is 5.10 Å². The normalized spacial score (nSPS) is 11.4. The van der Waals surface area contributed by atoms with Gasteiger partial charge in [0.25, 0.3) is 0 Å². The van der Waals surface area contributed by atoms with Gasteiger partial charge >= 0.3 is 6.09 Å². The first-order valence-electron chi connectivity index (χ1n) is 7.62. The third kappa shape index (κ3) is 2.54. The molecule has 0 atom stereocenters. The number of ether oxygens (including phenoxy) is 1. The average molecular weight is 314 g/mol. The van der Waals surface area contributed by atoms with Gasteiger partial charge in [-0.15, -0.1) is 0 Å². The Hall–Kier alpha value is -3.40. The van der Waals surface area contributed by atoms with Gasteiger partial charge in [0, 0.05) is 11.1 Å². The topological polar surface area (TPSA) is 50.7 Å². The third-order valence-electron chi connectivity index (χ3n) is 3.87. The second-order valence-corrected chi connectivity index (χ2v) is 5.37. The maximum atomic E-state index is 12.0. The highest BCUT2D eigenvalue weighted by atomic mass is 16.6. The minimum atomic E-state index is -0.615. The summed E-state index contributed by atoms with van der Waals surface area (Å²) in [6.07, 6.45) is -0.615. The van der Waals surface area contributed by atoms with Gasteiger partial charge in [0.05, 0.1) is 5.71 Å². The summed E-state index contributed by atoms with van der Waals surface area (Å²) in [5.74, 6) is 0.474. The number of fused-ring (bicyclic) bond motifs is 3. The van der Waals surface area contributed by atoms with Crippen LogP contribution < -0.4 is 10.2 Å². The summed E-state index contributed by atoms with van der Waals surface area (Å²) < 4.78 is 5.19. The van der Waals surface area contributed by atoms with Gasteiger partial charge in [-0.1, -0.05) is 66.7 Å². The maximum absolute atomic E-state index is 12.0. The first-order valence-corrected chi connectivity index (χ1v) is 7.62. The van der Waals surface area contributed by atoms with E-state index in [4.69, 9.17) is 4.74 Å². The Balaban J connectivity index is 1.62. The summed E-state index contributed by atoms with van der Waals surface area (Å²) in [7, 11) is 0. The summed E-state index contributed by atoms with van der Waals surface area (Å²) in [4.78, 5) is 12.0. The highest BCUT2D eigenvalue weighted by Crippen LogP contribution is 2.36. The van der Waals surface area contributed by atoms with E-state index in [2.05, 4.69) is 22.7 Å². The van der Waals surface area contributed by atoms with Crippen LogP contribution in [0.3, 0.4) is 0 Å². The van der Waals surface area contributed by atoms with Gasteiger partial charge in [-0.3, -0.25) is 0 Å². The van der Waals surface area contributed by atoms with Crippen LogP contribution >= 0.6 is 0 Å². The molecule has 0 spiro atoms. The molecule has 1 N–H and O–H groups in total. The molecule has 1 aliphatic carbocycles. The molecule has 4 rings (SSSR count). The zero-order valence-electron chi connectivity index (χ0n) is 12.8. The Morgan fingerprint density at radius 2 is 1.21 bits per heavy atom. The number of hydrogen-bond donors (Lipinski definition) is 1. The van der Waals surface area contributed by atoms with Gasteiger partial charge in [0.15, 0.2) is 0 Å². The van der Waals surface area contributed by atoms with Crippen LogP contribution in [0.25, 0.3) is 11.1 Å². The molecule has 0 unspecified atom stereocenters. The summed E-state index contributed by atoms with van der Waals surface area (Å²) in [5.41, 5.74) is 7.45. The van der Waals surface area contributed by atoms with Crippen LogP contribution in [0.1, 0.15) is 11.1 Å². The van der Waals surface area contributed by atoms with E-state index in [0.29, 0.717) is 5.75 Å². The predicted octanol–water partition coefficient (Wildman–Crippen LogP) is 4.21. The number of carbonyl (C=O) groups is 1. The largest absolute Gasteiger partial charge is 0.433 e. The van der Waals surface area contributed by atoms with Gasteiger partial charge < -0.3 is 4.74 Å². The molecule has 4 heteroatoms. The van der Waals surface area contributed by atoms with E-state index in [9.17, 15) is 4.79 Å². The number of carbonyl (C=O) groups excluding carboxylic acids is 1. The highest BCUT2D eigenvalue weighted by molar-refractivity contribution is 6.24. The van der Waals surface area contributed by atoms with Crippen LogP contribution in [0, 0.1) is 0 Å². The van der Waals surface area contributed by atoms with E-state index < -0.39 is 6.09 Å². The Morgan fingerprint density at radius 3 is 1.79 bits per heavy atom. The number of rotatable bonds is 2. The fourth-order valence-corrected chi connectivity index (χ4v) is 2.83. The molecular weight excluding hydrogens is 300 g/mol. The van der Waals surface area contributed by atoms with Crippen molar-refractivity contribution in [1.82, 2.24) is 5.43 Å². The van der Waals surface area contributed by atoms with Crippen molar-refractivity contribution >= 4 is 11.8 Å². The molecule has 1 aliphatic rings. The predicted molar refractivity (Wildman–Crippen MR) is 93.1 cm³/mol. The van der Waals surface area contributed by atoms with Crippen LogP contribution in [-0.4, -0.2) is 11.8 Å². The summed E-state index contributed by atoms with van der Waals surface area (Å²) >= 11 is 0. The molecule has 0 saturated heterocycles. The number of hydrazone groups is 1. The SMILES string of the molecule is O=C(NN=C1c2ccccc2-c2ccccc21)Oc1ccccc1. The van der Waals surface area contributed by atoms with Crippen LogP contribution in [0.4, 0.5) is 4.79 Å². The molecule has 0 saturated carbocycles. The highest BCUT2D eigenvalue weighted by Gasteiger charge is 2.24. The lowest BCUT2D eigenvalue weighted by molar-refractivity contribution is 0.201. The van der Waals surface area contributed by atoms with Crippen molar-refractivity contribution in [1.29, 1.82) is 0 Å². The number of nitrogens with one attached hydrogen (secondary N) is 1. The summed E-state index contributed by atoms with van der Waals surface area (Å²) in [5, 5.41) is 4.29. The molecule has 0 aliphatic heterocycles. The molecule has 0 bridgehead atoms. The van der Waals surface area contributed by atoms with Crippen molar-refractivity contribution in [3.8, 4) is 16.9 Å². The minimum Gasteiger partial charge on any atom is -0.409 e. The fourth-order valence-electron chi connectivity index (χ4n) is 2.83. The van der Waals surface area contributed by atoms with Crippen molar-refractivity contribution in [2.45, 2.75) is 0 Å². The van der Waals surface area contributed by atoms with Gasteiger partial charge in [0.1, 0.15) is 5.75 Å². The number of amides is 1. The summed E-state index contributed by atoms with van der Waals surface area (Å²) in [6, 6.07) is 24.9. The van der Waals surface area contributed by atoms with Gasteiger partial charge in [0.2, 0.25) is 0 Å². The van der Waals surface area contributed by atoms with Crippen LogP contribution in [-0.2, 0) is 0 Å². The monoisotopic (exact) mass is 314 g/mol. The van der Waals surface area contributed by atoms with E-state index >= 15 is 0 Å². The number of benzene rings is 3. The van der Waals surface area contributed by atoms with E-state index in [-0.39, 0.29) is 0 Å². The maximum Gasteiger partial charge on any atom is 0.433 e. The molecule has 0 aromatic heterocycles. The second-order valence-electron chi connectivity index (χ2n) is 5.37. The lowest BCUT2D eigenvalue weighted by Crippen LogP contribution is -2.23. The van der Waals surface area contributed by atoms with Crippen molar-refractivity contribution < 1.29 is 9.53 Å². The van der Waals surface area contributed by atoms with Gasteiger partial charge in [-0.2, -0.15) is 5.10 Å². The van der Waals surface area contributed by atoms with Crippen molar-refractivity contribution in [2.75, 3.05) is 0 Å². The van der Waals surface area contributed by atoms with Gasteiger partial charge in [-0.05, 0) is 23.3 Å². The first kappa shape index (κ1) is 14.2. The van der Waals surface area contributed by atoms with Crippen molar-refractivity contribution in [3.63, 3.8) is 0 Å². The Bertz CT molecular complexity index is 886. The van der Waals surface area contributed by atoms with E-state index in [1.54, 1.807) is 24.3 Å². The molecule has 1 amide bonds. The average Bonchev–Trinajstić information content (AvgIpc) is 2.95. The minimum absolute atomic E-state index is 0.474. The molecule has 3 aromatic rings. The quantitative estimate of drug-likeness (QED) is 0.564. The number of hydrogen-bond acceptors (Lipinski definition) is 3. The van der Waals surface area contributed by atoms with E-state index in [0.717, 1.165) is 28.0 Å². The number of para-hydroxylation sites is 1. The fraction of sp³-hybridized carbons (Fsp3) is 0. The Kier molecular flexibility index (Phi) is 3.56. The first-order chi connectivity index (χ1) is 11.8. The van der Waals surface area contributed by atoms with E-state index in [1.807, 2.05) is 42.5 Å². The molecule has 3 aromatic carbocycles. The lowest BCUT2D eigenvalue weighted by Gasteiger charge is -2.05. The molecule has 24 heavy (non-hydrogen) atoms. The van der Waals surface area contributed by atoms with Crippen molar-refractivity contribution in [3.05, 3.63) is 90.0 Å². The molecule has 0 heterocycles. The molecule has 0 radical (unpaired) electrons. The molecule has 116 valence electrons. The number of nitrogens with zero attached hydrogens (tertiary/aromatic N) is 1. The van der Waals surface area contributed by atoms with E-state index in [1.165, 1.54) is 0 Å². The third-order valence-corrected chi connectivity index (χ3v) is 3.87. The smallest absolute Gasteiger partial charge is 0.409 e. The zero-order chi connectivity index (χ0) is 16.4. The van der Waals surface area contributed by atoms with Gasteiger partial charge in [-0.25, -0.2) is 10.2 Å². The Morgan fingerprint density at radius 1 is 0.708 bits per heavy atom.